The highest BCUT2D eigenvalue weighted by molar-refractivity contribution is 7.99. The molecule has 0 saturated heterocycles. The predicted molar refractivity (Wildman–Crippen MR) is 132 cm³/mol. The highest BCUT2D eigenvalue weighted by Gasteiger charge is 2.43. The van der Waals surface area contributed by atoms with Crippen LogP contribution in [-0.2, 0) is 4.79 Å². The van der Waals surface area contributed by atoms with Gasteiger partial charge in [0.25, 0.3) is 0 Å². The molecular weight excluding hydrogens is 452 g/mol. The number of rotatable bonds is 7. The maximum Gasteiger partial charge on any atom is 0.240 e. The summed E-state index contributed by atoms with van der Waals surface area (Å²) in [5, 5.41) is 11.8. The van der Waals surface area contributed by atoms with Crippen molar-refractivity contribution < 1.29 is 4.79 Å². The Labute approximate surface area is 202 Å². The molecule has 1 fully saturated rings. The van der Waals surface area contributed by atoms with Crippen molar-refractivity contribution in [1.29, 1.82) is 5.41 Å². The lowest BCUT2D eigenvalue weighted by molar-refractivity contribution is -0.115. The summed E-state index contributed by atoms with van der Waals surface area (Å²) in [4.78, 5) is 28.3. The average molecular weight is 483 g/mol. The predicted octanol–water partition coefficient (Wildman–Crippen LogP) is 5.55. The summed E-state index contributed by atoms with van der Waals surface area (Å²) in [5.41, 5.74) is 1.05. The topological polar surface area (TPSA) is 96.5 Å². The van der Waals surface area contributed by atoms with E-state index in [1.807, 2.05) is 44.3 Å². The summed E-state index contributed by atoms with van der Waals surface area (Å²) < 4.78 is 1.74. The lowest BCUT2D eigenvalue weighted by Gasteiger charge is -2.17. The van der Waals surface area contributed by atoms with Crippen LogP contribution in [0.15, 0.2) is 40.5 Å². The van der Waals surface area contributed by atoms with Gasteiger partial charge in [-0.15, -0.1) is 11.3 Å². The Kier molecular flexibility index (Phi) is 6.72. The second-order valence-electron chi connectivity index (χ2n) is 9.69. The summed E-state index contributed by atoms with van der Waals surface area (Å²) in [6.07, 6.45) is 4.59. The van der Waals surface area contributed by atoms with Crippen molar-refractivity contribution in [1.82, 2.24) is 19.5 Å². The molecule has 2 N–H and O–H groups in total. The van der Waals surface area contributed by atoms with Crippen LogP contribution in [-0.4, -0.2) is 25.4 Å². The molecule has 0 bridgehead atoms. The number of anilines is 1. The van der Waals surface area contributed by atoms with Gasteiger partial charge in [0.2, 0.25) is 11.9 Å². The van der Waals surface area contributed by atoms with E-state index in [1.54, 1.807) is 4.57 Å². The van der Waals surface area contributed by atoms with Gasteiger partial charge in [0.1, 0.15) is 5.82 Å². The van der Waals surface area contributed by atoms with Gasteiger partial charge in [-0.25, -0.2) is 4.98 Å². The van der Waals surface area contributed by atoms with Crippen LogP contribution >= 0.6 is 23.1 Å². The molecular formula is C24H30N6OS2. The Hall–Kier alpha value is -2.52. The lowest BCUT2D eigenvalue weighted by atomic mass is 9.89. The second kappa shape index (κ2) is 9.38. The number of carbonyl (C=O) groups excluding carboxylic acids is 1. The Morgan fingerprint density at radius 3 is 2.58 bits per heavy atom. The van der Waals surface area contributed by atoms with Gasteiger partial charge in [-0.3, -0.25) is 14.8 Å². The minimum Gasteiger partial charge on any atom is -0.326 e. The van der Waals surface area contributed by atoms with Crippen LogP contribution in [0.1, 0.15) is 63.6 Å². The summed E-state index contributed by atoms with van der Waals surface area (Å²) in [7, 11) is 0. The highest BCUT2D eigenvalue weighted by atomic mass is 32.2. The normalized spacial score (nSPS) is 17.7. The van der Waals surface area contributed by atoms with Gasteiger partial charge in [0, 0.05) is 34.0 Å². The van der Waals surface area contributed by atoms with Gasteiger partial charge in [-0.2, -0.15) is 9.97 Å². The molecule has 0 radical (unpaired) electrons. The number of aryl methyl sites for hydroxylation is 1. The van der Waals surface area contributed by atoms with Crippen LogP contribution < -0.4 is 10.1 Å². The van der Waals surface area contributed by atoms with Crippen LogP contribution in [0, 0.1) is 23.7 Å². The zero-order valence-corrected chi connectivity index (χ0v) is 21.3. The van der Waals surface area contributed by atoms with Gasteiger partial charge < -0.3 is 5.32 Å². The summed E-state index contributed by atoms with van der Waals surface area (Å²) in [6, 6.07) is 7.68. The van der Waals surface area contributed by atoms with E-state index in [9.17, 15) is 4.79 Å². The minimum absolute atomic E-state index is 0.00863. The molecule has 2 heterocycles. The van der Waals surface area contributed by atoms with Crippen molar-refractivity contribution >= 4 is 34.7 Å². The average Bonchev–Trinajstić information content (AvgIpc) is 3.41. The van der Waals surface area contributed by atoms with E-state index in [2.05, 4.69) is 31.1 Å². The number of carbonyl (C=O) groups is 1. The first-order valence-corrected chi connectivity index (χ1v) is 12.8. The fraction of sp³-hybridized carbons (Fsp3) is 0.458. The molecule has 1 aliphatic carbocycles. The summed E-state index contributed by atoms with van der Waals surface area (Å²) in [5.74, 6) is 2.24. The van der Waals surface area contributed by atoms with E-state index in [-0.39, 0.29) is 11.3 Å². The number of thiazole rings is 1. The Bertz CT molecular complexity index is 1210. The first kappa shape index (κ1) is 23.6. The van der Waals surface area contributed by atoms with Crippen molar-refractivity contribution in [3.63, 3.8) is 0 Å². The van der Waals surface area contributed by atoms with Crippen LogP contribution in [0.2, 0.25) is 0 Å². The van der Waals surface area contributed by atoms with E-state index in [0.29, 0.717) is 34.2 Å². The standard InChI is InChI=1S/C24H30N6OS2/c1-6-19(31)26-16-7-9-17(10-8-16)33-23-28-20(18-11-15(18)12-24(3,4)5)27-22(29-23)30-13-14(2)32-21(30)25/h7-10,13,15,18,25H,6,11-12H2,1-5H3,(H,26,31). The molecule has 33 heavy (non-hydrogen) atoms. The number of aromatic nitrogens is 4. The molecule has 1 aliphatic rings. The quantitative estimate of drug-likeness (QED) is 0.460. The van der Waals surface area contributed by atoms with Crippen LogP contribution in [0.25, 0.3) is 5.95 Å². The summed E-state index contributed by atoms with van der Waals surface area (Å²) in [6.45, 7) is 10.6. The van der Waals surface area contributed by atoms with Crippen molar-refractivity contribution in [2.24, 2.45) is 11.3 Å². The SMILES string of the molecule is CCC(=O)Nc1ccc(Sc2nc(C3CC3CC(C)(C)C)nc(-n3cc(C)sc3=N)n2)cc1. The molecule has 9 heteroatoms. The molecule has 4 rings (SSSR count). The number of amides is 1. The van der Waals surface area contributed by atoms with Crippen LogP contribution in [0.5, 0.6) is 0 Å². The zero-order chi connectivity index (χ0) is 23.8. The Morgan fingerprint density at radius 1 is 1.24 bits per heavy atom. The molecule has 0 aliphatic heterocycles. The first-order chi connectivity index (χ1) is 15.6. The van der Waals surface area contributed by atoms with E-state index in [1.165, 1.54) is 23.1 Å². The molecule has 0 spiro atoms. The van der Waals surface area contributed by atoms with E-state index < -0.39 is 0 Å². The van der Waals surface area contributed by atoms with Gasteiger partial charge in [-0.05, 0) is 67.1 Å². The zero-order valence-electron chi connectivity index (χ0n) is 19.7. The number of nitrogens with one attached hydrogen (secondary N) is 2. The third-order valence-electron chi connectivity index (χ3n) is 5.42. The third kappa shape index (κ3) is 6.09. The smallest absolute Gasteiger partial charge is 0.240 e. The third-order valence-corrected chi connectivity index (χ3v) is 7.11. The van der Waals surface area contributed by atoms with Gasteiger partial charge in [0.15, 0.2) is 9.96 Å². The molecule has 7 nitrogen and oxygen atoms in total. The van der Waals surface area contributed by atoms with Crippen molar-refractivity contribution in [3.05, 3.63) is 46.0 Å². The molecule has 1 aromatic carbocycles. The monoisotopic (exact) mass is 482 g/mol. The Balaban J connectivity index is 1.62. The van der Waals surface area contributed by atoms with Crippen LogP contribution in [0.4, 0.5) is 5.69 Å². The number of benzene rings is 1. The van der Waals surface area contributed by atoms with E-state index in [4.69, 9.17) is 15.4 Å². The number of nitrogens with zero attached hydrogens (tertiary/aromatic N) is 4. The van der Waals surface area contributed by atoms with Gasteiger partial charge in [0.05, 0.1) is 0 Å². The van der Waals surface area contributed by atoms with Crippen molar-refractivity contribution in [2.75, 3.05) is 5.32 Å². The molecule has 1 saturated carbocycles. The molecule has 2 unspecified atom stereocenters. The second-order valence-corrected chi connectivity index (χ2v) is 12.0. The minimum atomic E-state index is -0.00863. The fourth-order valence-corrected chi connectivity index (χ4v) is 5.28. The highest BCUT2D eigenvalue weighted by Crippen LogP contribution is 2.52. The maximum atomic E-state index is 11.6. The number of hydrogen-bond acceptors (Lipinski definition) is 7. The lowest BCUT2D eigenvalue weighted by Crippen LogP contribution is -2.15. The molecule has 2 atom stereocenters. The first-order valence-electron chi connectivity index (χ1n) is 11.2. The van der Waals surface area contributed by atoms with E-state index >= 15 is 0 Å². The Morgan fingerprint density at radius 2 is 1.97 bits per heavy atom. The molecule has 174 valence electrons. The maximum absolute atomic E-state index is 11.6. The molecule has 1 amide bonds. The molecule has 2 aromatic heterocycles. The van der Waals surface area contributed by atoms with Gasteiger partial charge >= 0.3 is 0 Å². The molecule has 3 aromatic rings. The van der Waals surface area contributed by atoms with Crippen molar-refractivity contribution in [3.8, 4) is 5.95 Å². The van der Waals surface area contributed by atoms with Crippen LogP contribution in [0.3, 0.4) is 0 Å². The van der Waals surface area contributed by atoms with Crippen molar-refractivity contribution in [2.45, 2.75) is 69.9 Å². The largest absolute Gasteiger partial charge is 0.326 e. The number of hydrogen-bond donors (Lipinski definition) is 2. The van der Waals surface area contributed by atoms with Gasteiger partial charge in [-0.1, -0.05) is 27.7 Å². The van der Waals surface area contributed by atoms with E-state index in [0.717, 1.165) is 34.1 Å². The summed E-state index contributed by atoms with van der Waals surface area (Å²) >= 11 is 2.88. The fourth-order valence-electron chi connectivity index (χ4n) is 3.83.